The Morgan fingerprint density at radius 1 is 0.808 bits per heavy atom. The molecule has 1 aliphatic carbocycles. The van der Waals surface area contributed by atoms with Crippen molar-refractivity contribution in [2.45, 2.75) is 31.7 Å². The van der Waals surface area contributed by atoms with Crippen LogP contribution in [0.2, 0.25) is 0 Å². The molecule has 4 rings (SSSR count). The maximum Gasteiger partial charge on any atom is 0.118 e. The summed E-state index contributed by atoms with van der Waals surface area (Å²) in [6, 6.07) is 16.9. The highest BCUT2D eigenvalue weighted by molar-refractivity contribution is 5.79. The maximum absolute atomic E-state index is 5.32. The molecule has 26 heavy (non-hydrogen) atoms. The van der Waals surface area contributed by atoms with Crippen molar-refractivity contribution in [2.24, 2.45) is 0 Å². The predicted octanol–water partition coefficient (Wildman–Crippen LogP) is 5.35. The molecule has 1 heterocycles. The lowest BCUT2D eigenvalue weighted by Crippen LogP contribution is -2.05. The van der Waals surface area contributed by atoms with Gasteiger partial charge >= 0.3 is 0 Å². The Kier molecular flexibility index (Phi) is 4.65. The summed E-state index contributed by atoms with van der Waals surface area (Å²) in [6.07, 6.45) is 7.05. The minimum atomic E-state index is 0.534. The Bertz CT molecular complexity index is 860. The van der Waals surface area contributed by atoms with Crippen LogP contribution in [-0.4, -0.2) is 23.8 Å². The van der Waals surface area contributed by atoms with Gasteiger partial charge in [0.1, 0.15) is 11.5 Å². The lowest BCUT2D eigenvalue weighted by Gasteiger charge is -2.17. The number of imidazole rings is 1. The lowest BCUT2D eigenvalue weighted by molar-refractivity contribution is 0.414. The topological polar surface area (TPSA) is 36.3 Å². The highest BCUT2D eigenvalue weighted by Gasteiger charge is 2.23. The Labute approximate surface area is 154 Å². The molecule has 0 saturated heterocycles. The van der Waals surface area contributed by atoms with Gasteiger partial charge in [-0.05, 0) is 61.4 Å². The van der Waals surface area contributed by atoms with E-state index in [1.54, 1.807) is 14.2 Å². The second kappa shape index (κ2) is 7.24. The molecular formula is C22H24N2O2. The van der Waals surface area contributed by atoms with Gasteiger partial charge in [-0.25, -0.2) is 4.98 Å². The van der Waals surface area contributed by atoms with Gasteiger partial charge in [-0.2, -0.15) is 0 Å². The molecule has 0 unspecified atom stereocenters. The van der Waals surface area contributed by atoms with Crippen molar-refractivity contribution < 1.29 is 9.47 Å². The van der Waals surface area contributed by atoms with Gasteiger partial charge in [0, 0.05) is 17.2 Å². The molecule has 4 heteroatoms. The summed E-state index contributed by atoms with van der Waals surface area (Å²) in [5.74, 6) is 1.72. The van der Waals surface area contributed by atoms with E-state index in [1.807, 2.05) is 30.6 Å². The summed E-state index contributed by atoms with van der Waals surface area (Å²) in [6.45, 7) is 0. The normalized spacial score (nSPS) is 14.5. The van der Waals surface area contributed by atoms with E-state index in [9.17, 15) is 0 Å². The van der Waals surface area contributed by atoms with Crippen LogP contribution in [0.25, 0.3) is 22.5 Å². The number of rotatable bonds is 5. The first kappa shape index (κ1) is 16.7. The van der Waals surface area contributed by atoms with Gasteiger partial charge in [-0.1, -0.05) is 12.8 Å². The predicted molar refractivity (Wildman–Crippen MR) is 104 cm³/mol. The van der Waals surface area contributed by atoms with E-state index >= 15 is 0 Å². The SMILES string of the molecule is COc1ccc(-c2ncn(C3CCCC3)c2-c2ccc(OC)cc2)cc1. The van der Waals surface area contributed by atoms with Crippen LogP contribution in [0.5, 0.6) is 11.5 Å². The average Bonchev–Trinajstić information content (AvgIpc) is 3.37. The van der Waals surface area contributed by atoms with E-state index in [-0.39, 0.29) is 0 Å². The first-order valence-electron chi connectivity index (χ1n) is 9.16. The zero-order chi connectivity index (χ0) is 17.9. The second-order valence-corrected chi connectivity index (χ2v) is 6.74. The molecule has 2 aromatic carbocycles. The highest BCUT2D eigenvalue weighted by Crippen LogP contribution is 2.39. The molecule has 0 radical (unpaired) electrons. The summed E-state index contributed by atoms with van der Waals surface area (Å²) in [4.78, 5) is 4.80. The lowest BCUT2D eigenvalue weighted by atomic mass is 10.0. The molecule has 0 bridgehead atoms. The molecule has 4 nitrogen and oxygen atoms in total. The van der Waals surface area contributed by atoms with Gasteiger partial charge in [-0.15, -0.1) is 0 Å². The summed E-state index contributed by atoms with van der Waals surface area (Å²) >= 11 is 0. The number of benzene rings is 2. The quantitative estimate of drug-likeness (QED) is 0.623. The number of aromatic nitrogens is 2. The third-order valence-corrected chi connectivity index (χ3v) is 5.24. The van der Waals surface area contributed by atoms with Crippen molar-refractivity contribution in [1.29, 1.82) is 0 Å². The highest BCUT2D eigenvalue weighted by atomic mass is 16.5. The number of hydrogen-bond donors (Lipinski definition) is 0. The smallest absolute Gasteiger partial charge is 0.118 e. The first-order valence-corrected chi connectivity index (χ1v) is 9.16. The molecule has 134 valence electrons. The van der Waals surface area contributed by atoms with Gasteiger partial charge in [0.25, 0.3) is 0 Å². The summed E-state index contributed by atoms with van der Waals surface area (Å²) in [7, 11) is 3.38. The van der Waals surface area contributed by atoms with Crippen molar-refractivity contribution in [3.63, 3.8) is 0 Å². The van der Waals surface area contributed by atoms with Gasteiger partial charge in [0.15, 0.2) is 0 Å². The van der Waals surface area contributed by atoms with Crippen molar-refractivity contribution in [3.8, 4) is 34.0 Å². The molecule has 3 aromatic rings. The molecule has 0 N–H and O–H groups in total. The fourth-order valence-electron chi connectivity index (χ4n) is 3.82. The Morgan fingerprint density at radius 3 is 1.88 bits per heavy atom. The molecule has 1 aliphatic rings. The van der Waals surface area contributed by atoms with Crippen molar-refractivity contribution in [3.05, 3.63) is 54.9 Å². The van der Waals surface area contributed by atoms with E-state index in [4.69, 9.17) is 14.5 Å². The zero-order valence-corrected chi connectivity index (χ0v) is 15.3. The second-order valence-electron chi connectivity index (χ2n) is 6.74. The molecule has 1 aromatic heterocycles. The van der Waals surface area contributed by atoms with Gasteiger partial charge in [0.2, 0.25) is 0 Å². The van der Waals surface area contributed by atoms with Crippen LogP contribution in [0, 0.1) is 0 Å². The minimum Gasteiger partial charge on any atom is -0.497 e. The minimum absolute atomic E-state index is 0.534. The molecular weight excluding hydrogens is 324 g/mol. The molecule has 0 spiro atoms. The zero-order valence-electron chi connectivity index (χ0n) is 15.3. The third-order valence-electron chi connectivity index (χ3n) is 5.24. The summed E-state index contributed by atoms with van der Waals surface area (Å²) in [5.41, 5.74) is 4.48. The Balaban J connectivity index is 1.82. The van der Waals surface area contributed by atoms with E-state index in [2.05, 4.69) is 28.8 Å². The van der Waals surface area contributed by atoms with Crippen molar-refractivity contribution in [1.82, 2.24) is 9.55 Å². The van der Waals surface area contributed by atoms with Crippen molar-refractivity contribution >= 4 is 0 Å². The van der Waals surface area contributed by atoms with E-state index < -0.39 is 0 Å². The van der Waals surface area contributed by atoms with Gasteiger partial charge in [-0.3, -0.25) is 0 Å². The van der Waals surface area contributed by atoms with E-state index in [1.165, 1.54) is 36.9 Å². The van der Waals surface area contributed by atoms with Crippen LogP contribution in [0.1, 0.15) is 31.7 Å². The standard InChI is InChI=1S/C22H24N2O2/c1-25-19-11-7-16(8-12-19)21-22(17-9-13-20(26-2)14-10-17)24(15-23-21)18-5-3-4-6-18/h7-15,18H,3-6H2,1-2H3. The van der Waals surface area contributed by atoms with Crippen LogP contribution in [0.3, 0.4) is 0 Å². The molecule has 0 aliphatic heterocycles. The number of methoxy groups -OCH3 is 2. The van der Waals surface area contributed by atoms with E-state index in [0.29, 0.717) is 6.04 Å². The van der Waals surface area contributed by atoms with E-state index in [0.717, 1.165) is 22.8 Å². The maximum atomic E-state index is 5.32. The van der Waals surface area contributed by atoms with Gasteiger partial charge in [0.05, 0.1) is 31.9 Å². The largest absolute Gasteiger partial charge is 0.497 e. The average molecular weight is 348 g/mol. The third kappa shape index (κ3) is 3.07. The van der Waals surface area contributed by atoms with Crippen LogP contribution in [0.4, 0.5) is 0 Å². The van der Waals surface area contributed by atoms with Crippen molar-refractivity contribution in [2.75, 3.05) is 14.2 Å². The first-order chi connectivity index (χ1) is 12.8. The van der Waals surface area contributed by atoms with Crippen LogP contribution in [0.15, 0.2) is 54.9 Å². The molecule has 0 atom stereocenters. The Hall–Kier alpha value is -2.75. The fourth-order valence-corrected chi connectivity index (χ4v) is 3.82. The van der Waals surface area contributed by atoms with Crippen LogP contribution >= 0.6 is 0 Å². The molecule has 0 amide bonds. The van der Waals surface area contributed by atoms with Gasteiger partial charge < -0.3 is 14.0 Å². The summed E-state index contributed by atoms with van der Waals surface area (Å²) < 4.78 is 13.0. The number of hydrogen-bond acceptors (Lipinski definition) is 3. The molecule has 1 fully saturated rings. The molecule has 1 saturated carbocycles. The monoisotopic (exact) mass is 348 g/mol. The fraction of sp³-hybridized carbons (Fsp3) is 0.318. The number of nitrogens with zero attached hydrogens (tertiary/aromatic N) is 2. The van der Waals surface area contributed by atoms with Crippen LogP contribution in [-0.2, 0) is 0 Å². The summed E-state index contributed by atoms with van der Waals surface area (Å²) in [5, 5.41) is 0. The number of ether oxygens (including phenoxy) is 2. The van der Waals surface area contributed by atoms with Crippen LogP contribution < -0.4 is 9.47 Å². The Morgan fingerprint density at radius 2 is 1.35 bits per heavy atom.